The van der Waals surface area contributed by atoms with Crippen LogP contribution in [0.2, 0.25) is 0 Å². The molecule has 0 saturated carbocycles. The number of carbonyl (C=O) groups is 2. The average molecular weight is 290 g/mol. The summed E-state index contributed by atoms with van der Waals surface area (Å²) in [7, 11) is 0. The van der Waals surface area contributed by atoms with Crippen LogP contribution in [-0.4, -0.2) is 38.8 Å². The normalized spacial score (nSPS) is 22.6. The van der Waals surface area contributed by atoms with Crippen molar-refractivity contribution in [2.75, 3.05) is 0 Å². The zero-order valence-corrected chi connectivity index (χ0v) is 13.0. The Morgan fingerprint density at radius 2 is 2.10 bits per heavy atom. The molecule has 6 heteroatoms. The molecule has 2 rings (SSSR count). The van der Waals surface area contributed by atoms with Gasteiger partial charge in [-0.05, 0) is 32.3 Å². The summed E-state index contributed by atoms with van der Waals surface area (Å²) in [5.74, 6) is 0.863. The minimum Gasteiger partial charge on any atom is -0.343 e. The summed E-state index contributed by atoms with van der Waals surface area (Å²) in [6, 6.07) is 0.865. The third kappa shape index (κ3) is 3.56. The summed E-state index contributed by atoms with van der Waals surface area (Å²) in [6.45, 7) is 7.96. The van der Waals surface area contributed by atoms with Crippen LogP contribution in [0.25, 0.3) is 0 Å². The topological polar surface area (TPSA) is 75.2 Å². The lowest BCUT2D eigenvalue weighted by molar-refractivity contribution is -0.149. The monoisotopic (exact) mass is 290 g/mol. The van der Waals surface area contributed by atoms with E-state index in [4.69, 9.17) is 0 Å². The van der Waals surface area contributed by atoms with E-state index in [0.29, 0.717) is 24.7 Å². The van der Waals surface area contributed by atoms with Crippen molar-refractivity contribution in [2.45, 2.75) is 52.7 Å². The molecule has 0 spiro atoms. The van der Waals surface area contributed by atoms with E-state index in [1.807, 2.05) is 13.8 Å². The van der Waals surface area contributed by atoms with Crippen molar-refractivity contribution in [3.05, 3.63) is 23.8 Å². The fourth-order valence-electron chi connectivity index (χ4n) is 2.50. The van der Waals surface area contributed by atoms with Gasteiger partial charge in [0.15, 0.2) is 0 Å². The predicted octanol–water partition coefficient (Wildman–Crippen LogP) is 1.05. The number of nitrogens with one attached hydrogen (secondary N) is 1. The van der Waals surface area contributed by atoms with Gasteiger partial charge in [-0.15, -0.1) is 0 Å². The van der Waals surface area contributed by atoms with Crippen LogP contribution >= 0.6 is 0 Å². The summed E-state index contributed by atoms with van der Waals surface area (Å²) in [5.41, 5.74) is 0.751. The van der Waals surface area contributed by atoms with Crippen LogP contribution in [0.4, 0.5) is 0 Å². The molecule has 21 heavy (non-hydrogen) atoms. The summed E-state index contributed by atoms with van der Waals surface area (Å²) >= 11 is 0. The summed E-state index contributed by atoms with van der Waals surface area (Å²) < 4.78 is 0. The second-order valence-corrected chi connectivity index (χ2v) is 5.93. The van der Waals surface area contributed by atoms with Gasteiger partial charge in [0, 0.05) is 6.20 Å². The Hall–Kier alpha value is -1.98. The molecule has 1 fully saturated rings. The van der Waals surface area contributed by atoms with Crippen LogP contribution in [0.5, 0.6) is 0 Å². The Balaban J connectivity index is 2.18. The second kappa shape index (κ2) is 6.20. The Morgan fingerprint density at radius 1 is 1.38 bits per heavy atom. The van der Waals surface area contributed by atoms with Crippen molar-refractivity contribution < 1.29 is 9.59 Å². The molecule has 0 radical (unpaired) electrons. The lowest BCUT2D eigenvalue weighted by Crippen LogP contribution is -2.62. The molecule has 1 saturated heterocycles. The van der Waals surface area contributed by atoms with Crippen LogP contribution in [0.15, 0.2) is 12.3 Å². The zero-order valence-electron chi connectivity index (χ0n) is 13.0. The first kappa shape index (κ1) is 15.4. The zero-order chi connectivity index (χ0) is 15.6. The number of aryl methyl sites for hydroxylation is 1. The highest BCUT2D eigenvalue weighted by Gasteiger charge is 2.38. The molecule has 1 aromatic rings. The van der Waals surface area contributed by atoms with Gasteiger partial charge in [-0.2, -0.15) is 0 Å². The van der Waals surface area contributed by atoms with E-state index >= 15 is 0 Å². The molecular weight excluding hydrogens is 268 g/mol. The Bertz CT molecular complexity index is 544. The average Bonchev–Trinajstić information content (AvgIpc) is 2.40. The summed E-state index contributed by atoms with van der Waals surface area (Å²) in [5, 5.41) is 2.81. The van der Waals surface area contributed by atoms with Crippen LogP contribution in [0.3, 0.4) is 0 Å². The maximum Gasteiger partial charge on any atom is 0.246 e. The number of aromatic nitrogens is 2. The fourth-order valence-corrected chi connectivity index (χ4v) is 2.50. The highest BCUT2D eigenvalue weighted by molar-refractivity contribution is 5.96. The first-order valence-corrected chi connectivity index (χ1v) is 7.28. The number of hydrogen-bond acceptors (Lipinski definition) is 4. The molecule has 1 aromatic heterocycles. The molecule has 0 bridgehead atoms. The summed E-state index contributed by atoms with van der Waals surface area (Å²) in [4.78, 5) is 34.6. The lowest BCUT2D eigenvalue weighted by atomic mass is 9.99. The third-order valence-electron chi connectivity index (χ3n) is 3.62. The maximum atomic E-state index is 12.6. The van der Waals surface area contributed by atoms with E-state index < -0.39 is 12.1 Å². The molecule has 0 aliphatic carbocycles. The summed E-state index contributed by atoms with van der Waals surface area (Å²) in [6.07, 6.45) is 2.32. The van der Waals surface area contributed by atoms with Gasteiger partial charge in [-0.25, -0.2) is 9.97 Å². The first-order valence-electron chi connectivity index (χ1n) is 7.28. The quantitative estimate of drug-likeness (QED) is 0.899. The van der Waals surface area contributed by atoms with Crippen molar-refractivity contribution in [3.63, 3.8) is 0 Å². The molecular formula is C15H22N4O2. The molecule has 2 unspecified atom stereocenters. The lowest BCUT2D eigenvalue weighted by Gasteiger charge is -2.37. The molecule has 2 atom stereocenters. The van der Waals surface area contributed by atoms with Gasteiger partial charge in [0.1, 0.15) is 17.9 Å². The van der Waals surface area contributed by atoms with Crippen LogP contribution in [0.1, 0.15) is 38.7 Å². The smallest absolute Gasteiger partial charge is 0.246 e. The van der Waals surface area contributed by atoms with Gasteiger partial charge in [-0.3, -0.25) is 9.59 Å². The Labute approximate surface area is 125 Å². The van der Waals surface area contributed by atoms with Gasteiger partial charge in [-0.1, -0.05) is 13.8 Å². The van der Waals surface area contributed by atoms with Crippen LogP contribution in [0, 0.1) is 12.8 Å². The minimum absolute atomic E-state index is 0.0351. The molecule has 1 aliphatic heterocycles. The largest absolute Gasteiger partial charge is 0.343 e. The van der Waals surface area contributed by atoms with Crippen LogP contribution < -0.4 is 5.32 Å². The molecule has 1 aliphatic rings. The van der Waals surface area contributed by atoms with E-state index in [1.165, 1.54) is 0 Å². The minimum atomic E-state index is -0.476. The molecule has 6 nitrogen and oxygen atoms in total. The third-order valence-corrected chi connectivity index (χ3v) is 3.62. The predicted molar refractivity (Wildman–Crippen MR) is 78.2 cm³/mol. The van der Waals surface area contributed by atoms with Crippen molar-refractivity contribution >= 4 is 11.8 Å². The van der Waals surface area contributed by atoms with E-state index in [0.717, 1.165) is 5.69 Å². The number of amides is 2. The number of nitrogens with zero attached hydrogens (tertiary/aromatic N) is 3. The van der Waals surface area contributed by atoms with Crippen molar-refractivity contribution in [1.29, 1.82) is 0 Å². The number of carbonyl (C=O) groups excluding carboxylic acids is 2. The number of hydrogen-bond donors (Lipinski definition) is 1. The highest BCUT2D eigenvalue weighted by atomic mass is 16.2. The molecule has 2 amide bonds. The van der Waals surface area contributed by atoms with Gasteiger partial charge >= 0.3 is 0 Å². The van der Waals surface area contributed by atoms with Gasteiger partial charge in [0.25, 0.3) is 0 Å². The van der Waals surface area contributed by atoms with Crippen molar-refractivity contribution in [3.8, 4) is 0 Å². The first-order chi connectivity index (χ1) is 9.88. The Kier molecular flexibility index (Phi) is 4.55. The van der Waals surface area contributed by atoms with Crippen molar-refractivity contribution in [2.24, 2.45) is 5.92 Å². The molecule has 114 valence electrons. The Morgan fingerprint density at radius 3 is 2.71 bits per heavy atom. The van der Waals surface area contributed by atoms with E-state index in [2.05, 4.69) is 15.3 Å². The SMILES string of the molecule is Cc1nccc(CN2C(=O)C(CC(C)C)NC(=O)C2C)n1. The number of rotatable bonds is 4. The van der Waals surface area contributed by atoms with Gasteiger partial charge in [0.2, 0.25) is 11.8 Å². The van der Waals surface area contributed by atoms with Crippen LogP contribution in [-0.2, 0) is 16.1 Å². The standard InChI is InChI=1S/C15H22N4O2/c1-9(2)7-13-15(21)19(10(3)14(20)18-13)8-12-5-6-16-11(4)17-12/h5-6,9-10,13H,7-8H2,1-4H3,(H,18,20). The fraction of sp³-hybridized carbons (Fsp3) is 0.600. The molecule has 1 N–H and O–H groups in total. The van der Waals surface area contributed by atoms with E-state index in [-0.39, 0.29) is 11.8 Å². The maximum absolute atomic E-state index is 12.6. The molecule has 0 aromatic carbocycles. The van der Waals surface area contributed by atoms with E-state index in [9.17, 15) is 9.59 Å². The van der Waals surface area contributed by atoms with E-state index in [1.54, 1.807) is 31.0 Å². The number of piperazine rings is 1. The van der Waals surface area contributed by atoms with Gasteiger partial charge < -0.3 is 10.2 Å². The second-order valence-electron chi connectivity index (χ2n) is 5.93. The molecule has 2 heterocycles. The van der Waals surface area contributed by atoms with Gasteiger partial charge in [0.05, 0.1) is 12.2 Å². The van der Waals surface area contributed by atoms with Crippen molar-refractivity contribution in [1.82, 2.24) is 20.2 Å². The highest BCUT2D eigenvalue weighted by Crippen LogP contribution is 2.17.